The summed E-state index contributed by atoms with van der Waals surface area (Å²) < 4.78 is 40.8. The molecule has 31 heavy (non-hydrogen) atoms. The van der Waals surface area contributed by atoms with Crippen LogP contribution in [0.25, 0.3) is 0 Å². The maximum Gasteiger partial charge on any atom is 0.407 e. The molecule has 1 unspecified atom stereocenters. The Balaban J connectivity index is 1.71. The molecular weight excluding hydrogens is 425 g/mol. The van der Waals surface area contributed by atoms with Crippen molar-refractivity contribution in [1.82, 2.24) is 14.5 Å². The van der Waals surface area contributed by atoms with Gasteiger partial charge in [-0.15, -0.1) is 0 Å². The highest BCUT2D eigenvalue weighted by molar-refractivity contribution is 7.89. The van der Waals surface area contributed by atoms with E-state index in [0.717, 1.165) is 23.8 Å². The van der Waals surface area contributed by atoms with Gasteiger partial charge in [-0.2, -0.15) is 4.31 Å². The topological polar surface area (TPSA) is 107 Å². The van der Waals surface area contributed by atoms with Crippen LogP contribution < -0.4 is 5.32 Å². The Kier molecular flexibility index (Phi) is 6.90. The summed E-state index contributed by atoms with van der Waals surface area (Å²) in [7, 11) is -2.43. The zero-order chi connectivity index (χ0) is 22.9. The number of carbonyl (C=O) groups is 2. The fraction of sp³-hybridized carbons (Fsp3) is 0.619. The van der Waals surface area contributed by atoms with Crippen LogP contribution in [0.3, 0.4) is 0 Å². The van der Waals surface area contributed by atoms with E-state index in [0.29, 0.717) is 13.0 Å². The van der Waals surface area contributed by atoms with Crippen LogP contribution in [0.1, 0.15) is 33.1 Å². The Labute approximate surface area is 182 Å². The Morgan fingerprint density at radius 1 is 1.29 bits per heavy atom. The molecule has 2 amide bonds. The van der Waals surface area contributed by atoms with E-state index >= 15 is 0 Å². The van der Waals surface area contributed by atoms with Gasteiger partial charge >= 0.3 is 6.09 Å². The van der Waals surface area contributed by atoms with Crippen LogP contribution in [0.2, 0.25) is 0 Å². The molecule has 10 heteroatoms. The van der Waals surface area contributed by atoms with E-state index in [1.54, 1.807) is 0 Å². The lowest BCUT2D eigenvalue weighted by molar-refractivity contribution is -0.127. The number of halogens is 1. The van der Waals surface area contributed by atoms with Crippen molar-refractivity contribution in [2.45, 2.75) is 50.1 Å². The highest BCUT2D eigenvalue weighted by Crippen LogP contribution is 2.40. The van der Waals surface area contributed by atoms with Gasteiger partial charge in [-0.05, 0) is 55.2 Å². The fourth-order valence-electron chi connectivity index (χ4n) is 4.68. The first-order valence-corrected chi connectivity index (χ1v) is 12.0. The number of benzene rings is 1. The molecule has 2 fully saturated rings. The van der Waals surface area contributed by atoms with Crippen molar-refractivity contribution in [3.05, 3.63) is 30.1 Å². The number of fused-ring (bicyclic) bond motifs is 1. The number of amides is 2. The molecule has 8 nitrogen and oxygen atoms in total. The first-order valence-electron chi connectivity index (χ1n) is 10.5. The van der Waals surface area contributed by atoms with Crippen molar-refractivity contribution in [2.24, 2.45) is 17.8 Å². The molecule has 4 atom stereocenters. The van der Waals surface area contributed by atoms with Gasteiger partial charge in [-0.3, -0.25) is 9.69 Å². The van der Waals surface area contributed by atoms with Gasteiger partial charge in [0.1, 0.15) is 11.9 Å². The predicted octanol–water partition coefficient (Wildman–Crippen LogP) is 2.37. The van der Waals surface area contributed by atoms with Crippen LogP contribution in [0.5, 0.6) is 0 Å². The van der Waals surface area contributed by atoms with Gasteiger partial charge in [-0.25, -0.2) is 17.6 Å². The van der Waals surface area contributed by atoms with Crippen LogP contribution >= 0.6 is 0 Å². The Bertz CT molecular complexity index is 939. The number of hydrogen-bond donors (Lipinski definition) is 2. The number of rotatable bonds is 7. The molecule has 3 rings (SSSR count). The van der Waals surface area contributed by atoms with Gasteiger partial charge < -0.3 is 10.4 Å². The number of nitrogens with zero attached hydrogens (tertiary/aromatic N) is 2. The summed E-state index contributed by atoms with van der Waals surface area (Å²) in [6, 6.07) is 3.94. The van der Waals surface area contributed by atoms with Gasteiger partial charge in [-0.1, -0.05) is 19.9 Å². The molecular formula is C21H30FN3O5S. The normalized spacial score (nSPS) is 24.7. The Morgan fingerprint density at radius 3 is 2.61 bits per heavy atom. The zero-order valence-electron chi connectivity index (χ0n) is 18.0. The number of carboxylic acid groups (broad SMARTS) is 1. The lowest BCUT2D eigenvalue weighted by atomic mass is 9.96. The van der Waals surface area contributed by atoms with Gasteiger partial charge in [0.25, 0.3) is 0 Å². The third-order valence-electron chi connectivity index (χ3n) is 6.35. The second-order valence-electron chi connectivity index (χ2n) is 8.93. The van der Waals surface area contributed by atoms with Gasteiger partial charge in [0, 0.05) is 26.2 Å². The highest BCUT2D eigenvalue weighted by atomic mass is 32.2. The first kappa shape index (κ1) is 23.5. The molecule has 1 aliphatic carbocycles. The van der Waals surface area contributed by atoms with Crippen LogP contribution in [-0.4, -0.2) is 67.0 Å². The number of carbonyl (C=O) groups excluding carboxylic acids is 1. The number of sulfonamides is 1. The minimum atomic E-state index is -3.82. The summed E-state index contributed by atoms with van der Waals surface area (Å²) in [6.07, 6.45) is 0.725. The largest absolute Gasteiger partial charge is 0.465 e. The van der Waals surface area contributed by atoms with E-state index in [4.69, 9.17) is 0 Å². The van der Waals surface area contributed by atoms with Gasteiger partial charge in [0.05, 0.1) is 4.90 Å². The molecule has 1 heterocycles. The summed E-state index contributed by atoms with van der Waals surface area (Å²) >= 11 is 0. The third-order valence-corrected chi connectivity index (χ3v) is 8.18. The van der Waals surface area contributed by atoms with Gasteiger partial charge in [0.2, 0.25) is 15.9 Å². The number of likely N-dealkylation sites (N-methyl/N-ethyl adjacent to an activating group) is 1. The van der Waals surface area contributed by atoms with Crippen LogP contribution in [-0.2, 0) is 14.8 Å². The monoisotopic (exact) mass is 455 g/mol. The predicted molar refractivity (Wildman–Crippen MR) is 112 cm³/mol. The van der Waals surface area contributed by atoms with E-state index in [-0.39, 0.29) is 41.1 Å². The Hall–Kier alpha value is -2.20. The average molecular weight is 456 g/mol. The maximum absolute atomic E-state index is 13.5. The SMILES string of the molecule is CC(C)CC(C(=O)N[C@@H]1CC[C@H]2CN(S(=O)(=O)c3cccc(F)c3)C[C@H]21)N(C)C(=O)O. The molecule has 0 bridgehead atoms. The minimum absolute atomic E-state index is 0.0536. The molecule has 0 spiro atoms. The molecule has 2 N–H and O–H groups in total. The summed E-state index contributed by atoms with van der Waals surface area (Å²) in [4.78, 5) is 25.3. The minimum Gasteiger partial charge on any atom is -0.465 e. The zero-order valence-corrected chi connectivity index (χ0v) is 18.8. The second-order valence-corrected chi connectivity index (χ2v) is 10.9. The van der Waals surface area contributed by atoms with Crippen molar-refractivity contribution >= 4 is 22.0 Å². The van der Waals surface area contributed by atoms with E-state index in [1.165, 1.54) is 29.6 Å². The number of hydrogen-bond acceptors (Lipinski definition) is 4. The quantitative estimate of drug-likeness (QED) is 0.656. The maximum atomic E-state index is 13.5. The molecule has 1 saturated heterocycles. The van der Waals surface area contributed by atoms with Crippen molar-refractivity contribution < 1.29 is 27.5 Å². The van der Waals surface area contributed by atoms with Crippen molar-refractivity contribution in [2.75, 3.05) is 20.1 Å². The van der Waals surface area contributed by atoms with E-state index in [1.807, 2.05) is 13.8 Å². The first-order chi connectivity index (χ1) is 14.5. The lowest BCUT2D eigenvalue weighted by Crippen LogP contribution is -2.51. The molecule has 1 aliphatic heterocycles. The van der Waals surface area contributed by atoms with Crippen molar-refractivity contribution in [1.29, 1.82) is 0 Å². The smallest absolute Gasteiger partial charge is 0.407 e. The van der Waals surface area contributed by atoms with Crippen molar-refractivity contribution in [3.63, 3.8) is 0 Å². The molecule has 2 aliphatic rings. The lowest BCUT2D eigenvalue weighted by Gasteiger charge is -2.29. The highest BCUT2D eigenvalue weighted by Gasteiger charge is 2.47. The second kappa shape index (κ2) is 9.12. The Morgan fingerprint density at radius 2 is 2.00 bits per heavy atom. The summed E-state index contributed by atoms with van der Waals surface area (Å²) in [6.45, 7) is 4.43. The van der Waals surface area contributed by atoms with Crippen LogP contribution in [0, 0.1) is 23.6 Å². The van der Waals surface area contributed by atoms with E-state index in [9.17, 15) is 27.5 Å². The standard InChI is InChI=1S/C21H30FN3O5S/c1-13(2)9-19(24(3)21(27)28)20(26)23-18-8-7-14-11-25(12-17(14)18)31(29,30)16-6-4-5-15(22)10-16/h4-6,10,13-14,17-19H,7-9,11-12H2,1-3H3,(H,23,26)(H,27,28)/t14-,17+,18+,19?/m0/s1. The molecule has 172 valence electrons. The van der Waals surface area contributed by atoms with E-state index < -0.39 is 28.0 Å². The van der Waals surface area contributed by atoms with Crippen LogP contribution in [0.15, 0.2) is 29.2 Å². The average Bonchev–Trinajstić information content (AvgIpc) is 3.27. The summed E-state index contributed by atoms with van der Waals surface area (Å²) in [5, 5.41) is 12.3. The molecule has 1 saturated carbocycles. The third kappa shape index (κ3) is 5.01. The fourth-order valence-corrected chi connectivity index (χ4v) is 6.24. The molecule has 1 aromatic rings. The van der Waals surface area contributed by atoms with Gasteiger partial charge in [0.15, 0.2) is 0 Å². The molecule has 1 aromatic carbocycles. The van der Waals surface area contributed by atoms with Crippen LogP contribution in [0.4, 0.5) is 9.18 Å². The summed E-state index contributed by atoms with van der Waals surface area (Å²) in [5.74, 6) is -0.774. The molecule has 0 aromatic heterocycles. The summed E-state index contributed by atoms with van der Waals surface area (Å²) in [5.41, 5.74) is 0. The number of nitrogens with one attached hydrogen (secondary N) is 1. The van der Waals surface area contributed by atoms with Crippen molar-refractivity contribution in [3.8, 4) is 0 Å². The van der Waals surface area contributed by atoms with E-state index in [2.05, 4.69) is 5.32 Å². The molecule has 0 radical (unpaired) electrons.